The monoisotopic (exact) mass is 430 g/mol. The second-order valence-electron chi connectivity index (χ2n) is 9.90. The maximum absolute atomic E-state index is 2.63. The van der Waals surface area contributed by atoms with Gasteiger partial charge in [-0.15, -0.1) is 0 Å². The quantitative estimate of drug-likeness (QED) is 0.393. The minimum atomic E-state index is -0.157. The SMILES string of the molecule is CN(C1C=Cc2ccccc21)N(C1C=Cc2ccccc21)C(C)(C)C1C=Cc2ccccc21. The topological polar surface area (TPSA) is 6.48 Å². The van der Waals surface area contributed by atoms with Crippen LogP contribution in [-0.2, 0) is 0 Å². The molecular weight excluding hydrogens is 400 g/mol. The van der Waals surface area contributed by atoms with Crippen LogP contribution < -0.4 is 0 Å². The molecule has 0 aromatic heterocycles. The van der Waals surface area contributed by atoms with E-state index in [4.69, 9.17) is 0 Å². The van der Waals surface area contributed by atoms with Gasteiger partial charge in [-0.05, 0) is 47.2 Å². The standard InChI is InChI=1S/C31H30N2/c1-31(2,28-19-16-22-10-4-7-13-25(22)28)33(30-21-18-24-12-6-9-15-27(24)30)32(3)29-20-17-23-11-5-8-14-26(23)29/h4-21,28-30H,1-3H3. The van der Waals surface area contributed by atoms with Gasteiger partial charge in [-0.2, -0.15) is 0 Å². The Hall–Kier alpha value is -3.20. The van der Waals surface area contributed by atoms with Gasteiger partial charge in [0.1, 0.15) is 0 Å². The summed E-state index contributed by atoms with van der Waals surface area (Å²) in [6.45, 7) is 4.81. The van der Waals surface area contributed by atoms with Crippen molar-refractivity contribution >= 4 is 18.2 Å². The summed E-state index contributed by atoms with van der Waals surface area (Å²) in [4.78, 5) is 0. The molecule has 164 valence electrons. The Labute approximate surface area is 197 Å². The lowest BCUT2D eigenvalue weighted by atomic mass is 9.81. The van der Waals surface area contributed by atoms with Crippen LogP contribution in [0, 0.1) is 0 Å². The van der Waals surface area contributed by atoms with E-state index in [2.05, 4.69) is 140 Å². The van der Waals surface area contributed by atoms with E-state index in [1.54, 1.807) is 0 Å². The molecule has 0 saturated heterocycles. The van der Waals surface area contributed by atoms with Gasteiger partial charge in [0, 0.05) is 18.5 Å². The molecule has 3 aliphatic rings. The van der Waals surface area contributed by atoms with E-state index < -0.39 is 0 Å². The smallest absolute Gasteiger partial charge is 0.0691 e. The van der Waals surface area contributed by atoms with Gasteiger partial charge in [0.15, 0.2) is 0 Å². The van der Waals surface area contributed by atoms with Crippen LogP contribution in [0.1, 0.15) is 65.2 Å². The maximum atomic E-state index is 2.63. The molecule has 0 N–H and O–H groups in total. The van der Waals surface area contributed by atoms with Gasteiger partial charge in [-0.25, -0.2) is 10.0 Å². The zero-order valence-corrected chi connectivity index (χ0v) is 19.5. The first kappa shape index (κ1) is 20.4. The van der Waals surface area contributed by atoms with Crippen molar-refractivity contribution in [3.63, 3.8) is 0 Å². The molecule has 0 bridgehead atoms. The molecule has 0 heterocycles. The fourth-order valence-electron chi connectivity index (χ4n) is 6.10. The van der Waals surface area contributed by atoms with Crippen LogP contribution in [0.2, 0.25) is 0 Å². The Kier molecular flexibility index (Phi) is 4.76. The second-order valence-corrected chi connectivity index (χ2v) is 9.90. The lowest BCUT2D eigenvalue weighted by molar-refractivity contribution is -0.123. The highest BCUT2D eigenvalue weighted by Gasteiger charge is 2.45. The summed E-state index contributed by atoms with van der Waals surface area (Å²) in [6.07, 6.45) is 14.0. The molecular formula is C31H30N2. The second kappa shape index (κ2) is 7.69. The minimum absolute atomic E-state index is 0.157. The summed E-state index contributed by atoms with van der Waals surface area (Å²) in [5.74, 6) is 0.304. The van der Waals surface area contributed by atoms with E-state index >= 15 is 0 Å². The van der Waals surface area contributed by atoms with Gasteiger partial charge in [0.2, 0.25) is 0 Å². The van der Waals surface area contributed by atoms with Crippen molar-refractivity contribution < 1.29 is 0 Å². The number of hydrogen-bond acceptors (Lipinski definition) is 2. The predicted octanol–water partition coefficient (Wildman–Crippen LogP) is 7.26. The van der Waals surface area contributed by atoms with Crippen molar-refractivity contribution in [1.82, 2.24) is 10.0 Å². The molecule has 0 fully saturated rings. The third-order valence-electron chi connectivity index (χ3n) is 7.70. The maximum Gasteiger partial charge on any atom is 0.0691 e. The summed E-state index contributed by atoms with van der Waals surface area (Å²) >= 11 is 0. The van der Waals surface area contributed by atoms with Gasteiger partial charge < -0.3 is 0 Å². The highest BCUT2D eigenvalue weighted by Crippen LogP contribution is 2.48. The van der Waals surface area contributed by atoms with Crippen molar-refractivity contribution in [3.05, 3.63) is 124 Å². The summed E-state index contributed by atoms with van der Waals surface area (Å²) in [7, 11) is 2.26. The van der Waals surface area contributed by atoms with Crippen LogP contribution in [0.5, 0.6) is 0 Å². The highest BCUT2D eigenvalue weighted by molar-refractivity contribution is 5.65. The van der Waals surface area contributed by atoms with Gasteiger partial charge in [-0.1, -0.05) is 109 Å². The number of rotatable bonds is 5. The molecule has 3 unspecified atom stereocenters. The Bertz CT molecular complexity index is 1300. The first-order valence-electron chi connectivity index (χ1n) is 11.9. The van der Waals surface area contributed by atoms with E-state index in [1.165, 1.54) is 33.4 Å². The van der Waals surface area contributed by atoms with Gasteiger partial charge >= 0.3 is 0 Å². The molecule has 2 nitrogen and oxygen atoms in total. The van der Waals surface area contributed by atoms with E-state index in [0.29, 0.717) is 5.92 Å². The van der Waals surface area contributed by atoms with E-state index in [0.717, 1.165) is 0 Å². The number of benzene rings is 3. The molecule has 0 aliphatic heterocycles. The Morgan fingerprint density at radius 3 is 1.67 bits per heavy atom. The van der Waals surface area contributed by atoms with E-state index in [1.807, 2.05) is 0 Å². The lowest BCUT2D eigenvalue weighted by Crippen LogP contribution is -2.56. The average Bonchev–Trinajstić information content (AvgIpc) is 3.56. The summed E-state index contributed by atoms with van der Waals surface area (Å²) in [6, 6.07) is 26.8. The van der Waals surface area contributed by atoms with Crippen LogP contribution in [0.4, 0.5) is 0 Å². The first-order valence-corrected chi connectivity index (χ1v) is 11.9. The van der Waals surface area contributed by atoms with Crippen molar-refractivity contribution in [2.75, 3.05) is 7.05 Å². The fourth-order valence-corrected chi connectivity index (χ4v) is 6.10. The van der Waals surface area contributed by atoms with Gasteiger partial charge in [0.25, 0.3) is 0 Å². The summed E-state index contributed by atoms with van der Waals surface area (Å²) in [5.41, 5.74) is 7.99. The molecule has 6 rings (SSSR count). The molecule has 0 spiro atoms. The molecule has 3 atom stereocenters. The summed E-state index contributed by atoms with van der Waals surface area (Å²) in [5, 5.41) is 5.11. The number of hydrogen-bond donors (Lipinski definition) is 0. The third kappa shape index (κ3) is 3.17. The van der Waals surface area contributed by atoms with Crippen molar-refractivity contribution in [1.29, 1.82) is 0 Å². The lowest BCUT2D eigenvalue weighted by Gasteiger charge is -2.51. The largest absolute Gasteiger partial charge is 0.232 e. The van der Waals surface area contributed by atoms with Crippen molar-refractivity contribution in [2.24, 2.45) is 0 Å². The molecule has 0 radical (unpaired) electrons. The van der Waals surface area contributed by atoms with Crippen molar-refractivity contribution in [3.8, 4) is 0 Å². The zero-order chi connectivity index (χ0) is 22.6. The fraction of sp³-hybridized carbons (Fsp3) is 0.226. The average molecular weight is 431 g/mol. The number of likely N-dealkylation sites (N-methyl/N-ethyl adjacent to an activating group) is 1. The zero-order valence-electron chi connectivity index (χ0n) is 19.5. The molecule has 2 heteroatoms. The Balaban J connectivity index is 1.46. The third-order valence-corrected chi connectivity index (χ3v) is 7.70. The number of nitrogens with zero attached hydrogens (tertiary/aromatic N) is 2. The Morgan fingerprint density at radius 1 is 0.576 bits per heavy atom. The van der Waals surface area contributed by atoms with E-state index in [-0.39, 0.29) is 17.6 Å². The minimum Gasteiger partial charge on any atom is -0.232 e. The highest BCUT2D eigenvalue weighted by atomic mass is 15.7. The molecule has 0 amide bonds. The van der Waals surface area contributed by atoms with Gasteiger partial charge in [-0.3, -0.25) is 0 Å². The van der Waals surface area contributed by atoms with Crippen LogP contribution in [-0.4, -0.2) is 22.6 Å². The van der Waals surface area contributed by atoms with Crippen LogP contribution >= 0.6 is 0 Å². The molecule has 0 saturated carbocycles. The molecule has 3 aromatic carbocycles. The van der Waals surface area contributed by atoms with Crippen molar-refractivity contribution in [2.45, 2.75) is 37.4 Å². The van der Waals surface area contributed by atoms with Crippen LogP contribution in [0.3, 0.4) is 0 Å². The normalized spacial score (nSPS) is 22.3. The molecule has 3 aromatic rings. The molecule has 3 aliphatic carbocycles. The van der Waals surface area contributed by atoms with Gasteiger partial charge in [0.05, 0.1) is 12.1 Å². The summed E-state index contributed by atoms with van der Waals surface area (Å²) < 4.78 is 0. The molecule has 33 heavy (non-hydrogen) atoms. The van der Waals surface area contributed by atoms with Crippen LogP contribution in [0.25, 0.3) is 18.2 Å². The van der Waals surface area contributed by atoms with Crippen LogP contribution in [0.15, 0.2) is 91.0 Å². The Morgan fingerprint density at radius 2 is 1.03 bits per heavy atom. The number of fused-ring (bicyclic) bond motifs is 3. The van der Waals surface area contributed by atoms with E-state index in [9.17, 15) is 0 Å². The number of hydrazine groups is 1. The predicted molar refractivity (Wildman–Crippen MR) is 138 cm³/mol. The first-order chi connectivity index (χ1) is 16.1.